The number of rotatable bonds is 32. The number of anilines is 1. The Morgan fingerprint density at radius 3 is 2.01 bits per heavy atom. The number of carbonyl (C=O) groups excluding carboxylic acids is 3. The van der Waals surface area contributed by atoms with Gasteiger partial charge in [-0.25, -0.2) is 28.7 Å². The summed E-state index contributed by atoms with van der Waals surface area (Å²) in [5.74, 6) is -2.95. The molecule has 0 N–H and O–H groups in total. The van der Waals surface area contributed by atoms with Gasteiger partial charge in [0, 0.05) is 18.0 Å². The average Bonchev–Trinajstić information content (AvgIpc) is 2.64. The molecule has 0 bridgehead atoms. The van der Waals surface area contributed by atoms with Gasteiger partial charge in [-0.15, -0.1) is 35.4 Å². The van der Waals surface area contributed by atoms with Crippen LogP contribution in [-0.4, -0.2) is 135 Å². The van der Waals surface area contributed by atoms with Crippen LogP contribution in [-0.2, 0) is 54.8 Å². The lowest BCUT2D eigenvalue weighted by atomic mass is 10.1. The van der Waals surface area contributed by atoms with Crippen molar-refractivity contribution in [2.24, 2.45) is 0 Å². The van der Waals surface area contributed by atoms with Crippen LogP contribution >= 0.6 is 0 Å². The second-order valence-electron chi connectivity index (χ2n) is 16.4. The number of aryl methyl sites for hydroxylation is 1. The molecule has 0 saturated carbocycles. The number of hydrogen-bond acceptors (Lipinski definition) is 29. The molecule has 6 rings (SSSR count). The summed E-state index contributed by atoms with van der Waals surface area (Å²) in [6, 6.07) is 17.1. The number of aromatic nitrogens is 8. The molecule has 0 aliphatic carbocycles. The Hall–Kier alpha value is -10.3. The number of unbranched alkanes of at least 4 members (excludes halogenated alkanes) is 2. The van der Waals surface area contributed by atoms with E-state index in [9.17, 15) is 44.7 Å². The lowest BCUT2D eigenvalue weighted by Crippen LogP contribution is -2.42. The number of hydrogen-bond donors (Lipinski definition) is 0. The first-order chi connectivity index (χ1) is 39.3. The summed E-state index contributed by atoms with van der Waals surface area (Å²) >= 11 is 0. The molecule has 34 nitrogen and oxygen atoms in total. The fourth-order valence-electron chi connectivity index (χ4n) is 6.85. The van der Waals surface area contributed by atoms with Crippen LogP contribution in [0.25, 0.3) is 22.9 Å². The van der Waals surface area contributed by atoms with Gasteiger partial charge in [-0.3, -0.25) is 4.98 Å². The van der Waals surface area contributed by atoms with E-state index < -0.39 is 91.7 Å². The van der Waals surface area contributed by atoms with Gasteiger partial charge in [0.05, 0.1) is 39.1 Å². The number of tetrazole rings is 1. The van der Waals surface area contributed by atoms with E-state index in [-0.39, 0.29) is 98.7 Å². The van der Waals surface area contributed by atoms with Crippen molar-refractivity contribution in [1.82, 2.24) is 40.1 Å². The van der Waals surface area contributed by atoms with Gasteiger partial charge >= 0.3 is 18.3 Å². The van der Waals surface area contributed by atoms with Gasteiger partial charge in [0.2, 0.25) is 11.6 Å². The van der Waals surface area contributed by atoms with Gasteiger partial charge in [-0.1, -0.05) is 30.3 Å². The molecule has 436 valence electrons. The van der Waals surface area contributed by atoms with Gasteiger partial charge in [0.15, 0.2) is 40.6 Å². The lowest BCUT2D eigenvalue weighted by Gasteiger charge is -2.30. The van der Waals surface area contributed by atoms with Crippen LogP contribution in [0.2, 0.25) is 0 Å². The lowest BCUT2D eigenvalue weighted by molar-refractivity contribution is -0.763. The molecule has 4 heterocycles. The maximum Gasteiger partial charge on any atom is 0.510 e. The van der Waals surface area contributed by atoms with E-state index in [1.807, 2.05) is 0 Å². The SMILES string of the molecule is COc1ccccc1Oc1c(OCCOC(=O)c2ccc(CO[N+](=O)[O-])cc2)nc(-c2ccnc(-c3nnnn3C(C)OC(=O)OCCCCO[N+](=O)[O-])c2)nc1N(C(C)OC(=O)OCCCCO[N+](=O)[O-])S(=O)(=O)c1ccc(C)cn1. The third kappa shape index (κ3) is 17.6. The highest BCUT2D eigenvalue weighted by molar-refractivity contribution is 7.92. The minimum atomic E-state index is -5.05. The highest BCUT2D eigenvalue weighted by atomic mass is 32.2. The first-order valence-electron chi connectivity index (χ1n) is 24.2. The molecule has 2 aromatic carbocycles. The Kier molecular flexibility index (Phi) is 22.0. The van der Waals surface area contributed by atoms with Gasteiger partial charge in [-0.2, -0.15) is 18.1 Å². The van der Waals surface area contributed by atoms with E-state index in [0.29, 0.717) is 15.4 Å². The van der Waals surface area contributed by atoms with Gasteiger partial charge in [0.25, 0.3) is 31.2 Å². The van der Waals surface area contributed by atoms with E-state index in [2.05, 4.69) is 45.0 Å². The monoisotopic (exact) mass is 1170 g/mol. The summed E-state index contributed by atoms with van der Waals surface area (Å²) in [4.78, 5) is 102. The largest absolute Gasteiger partial charge is 0.510 e. The number of esters is 1. The molecule has 2 atom stereocenters. The normalized spacial score (nSPS) is 11.7. The third-order valence-corrected chi connectivity index (χ3v) is 12.4. The average molecular weight is 1170 g/mol. The van der Waals surface area contributed by atoms with Crippen molar-refractivity contribution in [3.63, 3.8) is 0 Å². The third-order valence-electron chi connectivity index (χ3n) is 10.7. The highest BCUT2D eigenvalue weighted by Gasteiger charge is 2.39. The zero-order chi connectivity index (χ0) is 59.2. The fraction of sp³-hybridized carbons (Fsp3) is 0.362. The molecule has 6 aromatic rings. The molecule has 0 spiro atoms. The Morgan fingerprint density at radius 2 is 1.38 bits per heavy atom. The summed E-state index contributed by atoms with van der Waals surface area (Å²) in [7, 11) is -3.71. The number of methoxy groups -OCH3 is 1. The summed E-state index contributed by atoms with van der Waals surface area (Å²) < 4.78 is 76.9. The van der Waals surface area contributed by atoms with Crippen molar-refractivity contribution in [2.45, 2.75) is 70.5 Å². The van der Waals surface area contributed by atoms with Crippen LogP contribution in [0.1, 0.15) is 67.2 Å². The molecule has 35 heteroatoms. The van der Waals surface area contributed by atoms with Gasteiger partial charge < -0.3 is 52.4 Å². The molecule has 0 aliphatic heterocycles. The molecule has 0 aliphatic rings. The van der Waals surface area contributed by atoms with E-state index in [0.717, 1.165) is 11.6 Å². The number of pyridine rings is 2. The van der Waals surface area contributed by atoms with Gasteiger partial charge in [-0.05, 0) is 110 Å². The molecular formula is C47H50N12O22S. The summed E-state index contributed by atoms with van der Waals surface area (Å²) in [5.41, 5.74) is 1.06. The van der Waals surface area contributed by atoms with E-state index >= 15 is 8.42 Å². The predicted octanol–water partition coefficient (Wildman–Crippen LogP) is 5.98. The van der Waals surface area contributed by atoms with E-state index in [1.165, 1.54) is 87.1 Å². The maximum absolute atomic E-state index is 15.2. The molecule has 0 amide bonds. The zero-order valence-corrected chi connectivity index (χ0v) is 44.6. The van der Waals surface area contributed by atoms with Crippen LogP contribution in [0.15, 0.2) is 90.2 Å². The number of para-hydroxylation sites is 2. The maximum atomic E-state index is 15.2. The van der Waals surface area contributed by atoms with E-state index in [1.54, 1.807) is 19.1 Å². The van der Waals surface area contributed by atoms with Crippen molar-refractivity contribution < 1.29 is 90.5 Å². The summed E-state index contributed by atoms with van der Waals surface area (Å²) in [6.07, 6.45) is -2.52. The zero-order valence-electron chi connectivity index (χ0n) is 43.8. The van der Waals surface area contributed by atoms with Gasteiger partial charge in [0.1, 0.15) is 25.5 Å². The van der Waals surface area contributed by atoms with Crippen LogP contribution in [0.5, 0.6) is 23.1 Å². The van der Waals surface area contributed by atoms with Crippen molar-refractivity contribution in [1.29, 1.82) is 0 Å². The Balaban J connectivity index is 1.44. The van der Waals surface area contributed by atoms with Crippen LogP contribution in [0.3, 0.4) is 0 Å². The number of sulfonamides is 1. The standard InChI is InChI=1S/C47H50N12O22S/c1-30-13-18-39(49-28-30)82(69,70)56(32(3)80-47(62)75-22-8-10-24-77-58(65)66)43-40(81-38-12-6-5-11-37(38)71-4)44(72-25-26-73-45(60)34-16-14-33(15-17-34)29-78-59(67)68)51-41(50-43)35-19-20-48-36(27-35)42-52-53-54-55(42)31(2)79-46(61)74-21-7-9-23-76-57(63)64/h5-6,11-20,27-28,31-32H,7-10,21-26,29H2,1-4H3. The predicted molar refractivity (Wildman–Crippen MR) is 271 cm³/mol. The summed E-state index contributed by atoms with van der Waals surface area (Å²) in [5, 5.41) is 39.9. The first kappa shape index (κ1) is 60.9. The number of nitrogens with zero attached hydrogens (tertiary/aromatic N) is 12. The second kappa shape index (κ2) is 29.6. The smallest absolute Gasteiger partial charge is 0.493 e. The number of carbonyl (C=O) groups is 3. The summed E-state index contributed by atoms with van der Waals surface area (Å²) in [6.45, 7) is 1.85. The van der Waals surface area contributed by atoms with Crippen molar-refractivity contribution in [3.05, 3.63) is 132 Å². The number of ether oxygens (including phenoxy) is 8. The fourth-order valence-corrected chi connectivity index (χ4v) is 8.26. The minimum Gasteiger partial charge on any atom is -0.493 e. The second-order valence-corrected chi connectivity index (χ2v) is 18.2. The Morgan fingerprint density at radius 1 is 0.732 bits per heavy atom. The minimum absolute atomic E-state index is 0.00190. The topological polar surface area (TPSA) is 415 Å². The highest BCUT2D eigenvalue weighted by Crippen LogP contribution is 2.45. The Bertz CT molecular complexity index is 3280. The molecular weight excluding hydrogens is 1120 g/mol. The van der Waals surface area contributed by atoms with Crippen molar-refractivity contribution in [2.75, 3.05) is 51.1 Å². The molecule has 4 aromatic heterocycles. The molecule has 82 heavy (non-hydrogen) atoms. The number of benzene rings is 2. The molecule has 2 unspecified atom stereocenters. The molecule has 0 fully saturated rings. The quantitative estimate of drug-likeness (QED) is 0.0117. The van der Waals surface area contributed by atoms with Crippen LogP contribution < -0.4 is 18.5 Å². The van der Waals surface area contributed by atoms with Crippen LogP contribution in [0, 0.1) is 37.3 Å². The van der Waals surface area contributed by atoms with Crippen molar-refractivity contribution >= 4 is 34.1 Å². The van der Waals surface area contributed by atoms with E-state index in [4.69, 9.17) is 42.9 Å². The van der Waals surface area contributed by atoms with Crippen molar-refractivity contribution in [3.8, 4) is 46.0 Å². The first-order valence-corrected chi connectivity index (χ1v) is 25.6. The van der Waals surface area contributed by atoms with Crippen LogP contribution in [0.4, 0.5) is 15.4 Å². The molecule has 0 saturated heterocycles. The molecule has 0 radical (unpaired) electrons. The Labute approximate surface area is 463 Å².